The van der Waals surface area contributed by atoms with E-state index in [9.17, 15) is 9.90 Å². The van der Waals surface area contributed by atoms with E-state index in [0.717, 1.165) is 5.56 Å². The summed E-state index contributed by atoms with van der Waals surface area (Å²) in [6, 6.07) is 6.26. The summed E-state index contributed by atoms with van der Waals surface area (Å²) in [4.78, 5) is 15.8. The van der Waals surface area contributed by atoms with Crippen LogP contribution < -0.4 is 11.1 Å². The number of hydrogen-bond donors (Lipinski definition) is 3. The number of phenols is 1. The van der Waals surface area contributed by atoms with Gasteiger partial charge in [-0.05, 0) is 24.1 Å². The fourth-order valence-electron chi connectivity index (χ4n) is 1.79. The highest BCUT2D eigenvalue weighted by atomic mass is 16.3. The quantitative estimate of drug-likeness (QED) is 0.699. The SMILES string of the molecule is C=CCNC(=O)c1coc(C(N)Cc2ccc(O)cc2)n1. The highest BCUT2D eigenvalue weighted by Crippen LogP contribution is 2.17. The van der Waals surface area contributed by atoms with Crippen molar-refractivity contribution in [3.8, 4) is 5.75 Å². The van der Waals surface area contributed by atoms with Crippen molar-refractivity contribution in [2.45, 2.75) is 12.5 Å². The number of hydrogen-bond acceptors (Lipinski definition) is 5. The van der Waals surface area contributed by atoms with Crippen molar-refractivity contribution in [1.29, 1.82) is 0 Å². The highest BCUT2D eigenvalue weighted by molar-refractivity contribution is 5.91. The molecular weight excluding hydrogens is 270 g/mol. The molecule has 110 valence electrons. The average molecular weight is 287 g/mol. The van der Waals surface area contributed by atoms with Crippen molar-refractivity contribution < 1.29 is 14.3 Å². The Hall–Kier alpha value is -2.60. The van der Waals surface area contributed by atoms with E-state index in [1.807, 2.05) is 0 Å². The van der Waals surface area contributed by atoms with Gasteiger partial charge in [0, 0.05) is 6.54 Å². The Morgan fingerprint density at radius 3 is 2.86 bits per heavy atom. The van der Waals surface area contributed by atoms with E-state index in [2.05, 4.69) is 16.9 Å². The summed E-state index contributed by atoms with van der Waals surface area (Å²) >= 11 is 0. The smallest absolute Gasteiger partial charge is 0.273 e. The molecule has 1 aromatic heterocycles. The summed E-state index contributed by atoms with van der Waals surface area (Å²) in [6.45, 7) is 3.88. The van der Waals surface area contributed by atoms with Crippen LogP contribution in [0.4, 0.5) is 0 Å². The minimum absolute atomic E-state index is 0.188. The minimum Gasteiger partial charge on any atom is -0.508 e. The molecule has 2 rings (SSSR count). The molecule has 1 heterocycles. The number of oxazole rings is 1. The molecular formula is C15H17N3O3. The van der Waals surface area contributed by atoms with Gasteiger partial charge in [-0.15, -0.1) is 6.58 Å². The first-order chi connectivity index (χ1) is 10.1. The number of carbonyl (C=O) groups is 1. The molecule has 1 aromatic carbocycles. The van der Waals surface area contributed by atoms with Gasteiger partial charge in [-0.25, -0.2) is 4.98 Å². The van der Waals surface area contributed by atoms with Gasteiger partial charge in [-0.3, -0.25) is 4.79 Å². The van der Waals surface area contributed by atoms with Gasteiger partial charge in [-0.1, -0.05) is 18.2 Å². The van der Waals surface area contributed by atoms with Crippen LogP contribution in [0.1, 0.15) is 28.0 Å². The van der Waals surface area contributed by atoms with Crippen LogP contribution in [-0.2, 0) is 6.42 Å². The fraction of sp³-hybridized carbons (Fsp3) is 0.200. The Labute approximate surface area is 122 Å². The second kappa shape index (κ2) is 6.71. The summed E-state index contributed by atoms with van der Waals surface area (Å²) < 4.78 is 5.25. The van der Waals surface area contributed by atoms with Crippen LogP contribution in [0.25, 0.3) is 0 Å². The number of benzene rings is 1. The Morgan fingerprint density at radius 1 is 1.48 bits per heavy atom. The first-order valence-corrected chi connectivity index (χ1v) is 6.48. The molecule has 0 bridgehead atoms. The molecule has 0 radical (unpaired) electrons. The van der Waals surface area contributed by atoms with E-state index in [-0.39, 0.29) is 17.4 Å². The summed E-state index contributed by atoms with van der Waals surface area (Å²) in [5.41, 5.74) is 7.14. The molecule has 1 atom stereocenters. The van der Waals surface area contributed by atoms with Crippen molar-refractivity contribution in [3.63, 3.8) is 0 Å². The fourth-order valence-corrected chi connectivity index (χ4v) is 1.79. The zero-order chi connectivity index (χ0) is 15.2. The molecule has 4 N–H and O–H groups in total. The van der Waals surface area contributed by atoms with Gasteiger partial charge in [0.05, 0.1) is 6.04 Å². The summed E-state index contributed by atoms with van der Waals surface area (Å²) in [6.07, 6.45) is 3.36. The number of nitrogens with zero attached hydrogens (tertiary/aromatic N) is 1. The maximum Gasteiger partial charge on any atom is 0.273 e. The molecule has 2 aromatic rings. The number of rotatable bonds is 6. The molecule has 0 aliphatic carbocycles. The molecule has 0 saturated carbocycles. The predicted octanol–water partition coefficient (Wildman–Crippen LogP) is 1.54. The van der Waals surface area contributed by atoms with Crippen LogP contribution in [0.2, 0.25) is 0 Å². The molecule has 6 heteroatoms. The average Bonchev–Trinajstić information content (AvgIpc) is 2.97. The zero-order valence-electron chi connectivity index (χ0n) is 11.5. The Kier molecular flexibility index (Phi) is 4.73. The molecule has 0 saturated heterocycles. The molecule has 0 aliphatic heterocycles. The second-order valence-corrected chi connectivity index (χ2v) is 4.55. The van der Waals surface area contributed by atoms with Gasteiger partial charge in [0.1, 0.15) is 12.0 Å². The van der Waals surface area contributed by atoms with E-state index in [1.54, 1.807) is 30.3 Å². The lowest BCUT2D eigenvalue weighted by atomic mass is 10.1. The lowest BCUT2D eigenvalue weighted by molar-refractivity contribution is 0.0953. The summed E-state index contributed by atoms with van der Waals surface area (Å²) in [7, 11) is 0. The predicted molar refractivity (Wildman–Crippen MR) is 77.8 cm³/mol. The van der Waals surface area contributed by atoms with Crippen LogP contribution in [0.3, 0.4) is 0 Å². The third-order valence-corrected chi connectivity index (χ3v) is 2.87. The summed E-state index contributed by atoms with van der Waals surface area (Å²) in [5.74, 6) is 0.165. The first-order valence-electron chi connectivity index (χ1n) is 6.48. The van der Waals surface area contributed by atoms with Gasteiger partial charge < -0.3 is 20.6 Å². The maximum absolute atomic E-state index is 11.7. The third-order valence-electron chi connectivity index (χ3n) is 2.87. The molecule has 0 fully saturated rings. The highest BCUT2D eigenvalue weighted by Gasteiger charge is 2.17. The number of phenolic OH excluding ortho intramolecular Hbond substituents is 1. The van der Waals surface area contributed by atoms with Gasteiger partial charge in [0.25, 0.3) is 5.91 Å². The number of nitrogens with two attached hydrogens (primary N) is 1. The molecule has 21 heavy (non-hydrogen) atoms. The van der Waals surface area contributed by atoms with E-state index < -0.39 is 6.04 Å². The van der Waals surface area contributed by atoms with Crippen molar-refractivity contribution in [1.82, 2.24) is 10.3 Å². The number of aromatic nitrogens is 1. The van der Waals surface area contributed by atoms with Crippen LogP contribution in [0.5, 0.6) is 5.75 Å². The number of nitrogens with one attached hydrogen (secondary N) is 1. The van der Waals surface area contributed by atoms with Gasteiger partial charge >= 0.3 is 0 Å². The monoisotopic (exact) mass is 287 g/mol. The Balaban J connectivity index is 2.01. The van der Waals surface area contributed by atoms with Crippen LogP contribution in [0.15, 0.2) is 47.6 Å². The molecule has 1 amide bonds. The van der Waals surface area contributed by atoms with Crippen LogP contribution in [0, 0.1) is 0 Å². The number of aromatic hydroxyl groups is 1. The van der Waals surface area contributed by atoms with Crippen molar-refractivity contribution in [3.05, 3.63) is 60.3 Å². The third kappa shape index (κ3) is 3.93. The standard InChI is InChI=1S/C15H17N3O3/c1-2-7-17-14(20)13-9-21-15(18-13)12(16)8-10-3-5-11(19)6-4-10/h2-6,9,12,19H,1,7-8,16H2,(H,17,20). The van der Waals surface area contributed by atoms with Crippen molar-refractivity contribution in [2.24, 2.45) is 5.73 Å². The van der Waals surface area contributed by atoms with Crippen LogP contribution >= 0.6 is 0 Å². The van der Waals surface area contributed by atoms with Gasteiger partial charge in [0.15, 0.2) is 5.69 Å². The van der Waals surface area contributed by atoms with Gasteiger partial charge in [-0.2, -0.15) is 0 Å². The Morgan fingerprint density at radius 2 is 2.19 bits per heavy atom. The second-order valence-electron chi connectivity index (χ2n) is 4.55. The van der Waals surface area contributed by atoms with Crippen LogP contribution in [-0.4, -0.2) is 22.5 Å². The van der Waals surface area contributed by atoms with E-state index >= 15 is 0 Å². The lowest BCUT2D eigenvalue weighted by Crippen LogP contribution is -2.23. The molecule has 1 unspecified atom stereocenters. The number of amides is 1. The van der Waals surface area contributed by atoms with Crippen molar-refractivity contribution >= 4 is 5.91 Å². The molecule has 6 nitrogen and oxygen atoms in total. The zero-order valence-corrected chi connectivity index (χ0v) is 11.5. The first kappa shape index (κ1) is 14.8. The largest absolute Gasteiger partial charge is 0.508 e. The minimum atomic E-state index is -0.463. The Bertz CT molecular complexity index is 619. The topological polar surface area (TPSA) is 101 Å². The lowest BCUT2D eigenvalue weighted by Gasteiger charge is -2.07. The van der Waals surface area contributed by atoms with Crippen molar-refractivity contribution in [2.75, 3.05) is 6.54 Å². The number of carbonyl (C=O) groups excluding carboxylic acids is 1. The molecule has 0 aliphatic rings. The van der Waals surface area contributed by atoms with Gasteiger partial charge in [0.2, 0.25) is 5.89 Å². The summed E-state index contributed by atoms with van der Waals surface area (Å²) in [5, 5.41) is 11.8. The normalized spacial score (nSPS) is 11.9. The van der Waals surface area contributed by atoms with E-state index in [4.69, 9.17) is 10.2 Å². The van der Waals surface area contributed by atoms with E-state index in [0.29, 0.717) is 18.9 Å². The maximum atomic E-state index is 11.7. The van der Waals surface area contributed by atoms with E-state index in [1.165, 1.54) is 6.26 Å². The molecule has 0 spiro atoms.